The Labute approximate surface area is 174 Å². The van der Waals surface area contributed by atoms with Gasteiger partial charge < -0.3 is 10.3 Å². The van der Waals surface area contributed by atoms with E-state index in [1.807, 2.05) is 10.7 Å². The van der Waals surface area contributed by atoms with Gasteiger partial charge in [0.2, 0.25) is 0 Å². The van der Waals surface area contributed by atoms with Crippen molar-refractivity contribution < 1.29 is 4.21 Å². The number of aromatic nitrogens is 3. The lowest BCUT2D eigenvalue weighted by molar-refractivity contribution is 0.289. The summed E-state index contributed by atoms with van der Waals surface area (Å²) in [5.74, 6) is 0.896. The number of pyridine rings is 1. The molecule has 0 radical (unpaired) electrons. The molecule has 0 saturated heterocycles. The Bertz CT molecular complexity index is 1300. The van der Waals surface area contributed by atoms with Crippen molar-refractivity contribution >= 4 is 37.8 Å². The molecular weight excluding hydrogens is 400 g/mol. The third-order valence-electron chi connectivity index (χ3n) is 6.01. The van der Waals surface area contributed by atoms with Crippen LogP contribution in [0.5, 0.6) is 0 Å². The Balaban J connectivity index is 1.56. The summed E-state index contributed by atoms with van der Waals surface area (Å²) < 4.78 is 21.6. The maximum Gasteiger partial charge on any atom is 0.261 e. The van der Waals surface area contributed by atoms with Crippen LogP contribution in [0.4, 0.5) is 11.5 Å². The summed E-state index contributed by atoms with van der Waals surface area (Å²) in [5, 5.41) is 8.62. The Hall–Kier alpha value is -2.94. The molecule has 2 unspecified atom stereocenters. The number of aliphatic imine (C=N–C) groups is 1. The second-order valence-corrected chi connectivity index (χ2v) is 10.3. The maximum atomic E-state index is 12.7. The van der Waals surface area contributed by atoms with Crippen molar-refractivity contribution in [3.8, 4) is 0 Å². The van der Waals surface area contributed by atoms with Crippen LogP contribution < -0.4 is 10.9 Å². The van der Waals surface area contributed by atoms with E-state index in [0.717, 1.165) is 37.0 Å². The lowest BCUT2D eigenvalue weighted by Gasteiger charge is -2.30. The number of anilines is 2. The molecule has 3 heterocycles. The largest absolute Gasteiger partial charge is 0.338 e. The summed E-state index contributed by atoms with van der Waals surface area (Å²) in [6.45, 7) is 0.856. The van der Waals surface area contributed by atoms with Gasteiger partial charge in [0.1, 0.15) is 5.39 Å². The number of aromatic amines is 1. The highest BCUT2D eigenvalue weighted by atomic mass is 32.2. The van der Waals surface area contributed by atoms with Crippen molar-refractivity contribution in [3.63, 3.8) is 0 Å². The van der Waals surface area contributed by atoms with Gasteiger partial charge in [-0.05, 0) is 43.2 Å². The fraction of sp³-hybridized carbons (Fsp3) is 0.381. The normalized spacial score (nSPS) is 23.0. The maximum absolute atomic E-state index is 12.7. The lowest BCUT2D eigenvalue weighted by Crippen LogP contribution is -2.27. The van der Waals surface area contributed by atoms with Crippen LogP contribution >= 0.6 is 0 Å². The summed E-state index contributed by atoms with van der Waals surface area (Å²) in [6, 6.07) is 8.97. The van der Waals surface area contributed by atoms with Crippen LogP contribution in [0.3, 0.4) is 0 Å². The molecule has 1 aliphatic heterocycles. The number of benzene rings is 1. The highest BCUT2D eigenvalue weighted by Gasteiger charge is 2.35. The van der Waals surface area contributed by atoms with Crippen molar-refractivity contribution in [2.45, 2.75) is 36.6 Å². The number of nitrogens with one attached hydrogen (secondary N) is 3. The van der Waals surface area contributed by atoms with Gasteiger partial charge in [0.05, 0.1) is 27.8 Å². The predicted octanol–water partition coefficient (Wildman–Crippen LogP) is 3.69. The van der Waals surface area contributed by atoms with E-state index in [-0.39, 0.29) is 11.6 Å². The first-order valence-corrected chi connectivity index (χ1v) is 12.1. The minimum atomic E-state index is -2.77. The minimum Gasteiger partial charge on any atom is -0.338 e. The highest BCUT2D eigenvalue weighted by Crippen LogP contribution is 2.39. The van der Waals surface area contributed by atoms with E-state index in [4.69, 9.17) is 9.88 Å². The van der Waals surface area contributed by atoms with Gasteiger partial charge in [0.15, 0.2) is 5.82 Å². The highest BCUT2D eigenvalue weighted by molar-refractivity contribution is 7.91. The molecule has 3 aromatic rings. The second kappa shape index (κ2) is 7.09. The molecule has 3 atom stereocenters. The molecule has 1 fully saturated rings. The molecule has 0 amide bonds. The van der Waals surface area contributed by atoms with Gasteiger partial charge in [-0.1, -0.05) is 12.8 Å². The zero-order chi connectivity index (χ0) is 20.9. The van der Waals surface area contributed by atoms with Gasteiger partial charge in [-0.3, -0.25) is 14.5 Å². The number of hydrogen-bond donors (Lipinski definition) is 3. The lowest BCUT2D eigenvalue weighted by atomic mass is 9.83. The molecule has 2 aliphatic rings. The molecule has 1 aromatic carbocycles. The van der Waals surface area contributed by atoms with Gasteiger partial charge in [-0.15, -0.1) is 0 Å². The third kappa shape index (κ3) is 3.43. The molecule has 8 nitrogen and oxygen atoms in total. The summed E-state index contributed by atoms with van der Waals surface area (Å²) in [4.78, 5) is 20.3. The monoisotopic (exact) mass is 424 g/mol. The number of nitrogens with zero attached hydrogens (tertiary/aromatic N) is 3. The Kier molecular flexibility index (Phi) is 4.50. The van der Waals surface area contributed by atoms with Crippen LogP contribution in [0.1, 0.15) is 31.7 Å². The van der Waals surface area contributed by atoms with Gasteiger partial charge >= 0.3 is 0 Å². The SMILES string of the molecule is CS(=N)(=O)c1ccc(Nc2nn(C3CCCC[C@@H]3C3=NC3)c3cc[nH]c(=O)c23)cc1. The van der Waals surface area contributed by atoms with Crippen LogP contribution in [0.25, 0.3) is 10.9 Å². The van der Waals surface area contributed by atoms with Crippen molar-refractivity contribution in [1.82, 2.24) is 14.8 Å². The number of fused-ring (bicyclic) bond motifs is 1. The smallest absolute Gasteiger partial charge is 0.261 e. The number of H-pyrrole nitrogens is 1. The molecule has 156 valence electrons. The Morgan fingerprint density at radius 3 is 2.63 bits per heavy atom. The number of rotatable bonds is 5. The molecule has 9 heteroatoms. The van der Waals surface area contributed by atoms with E-state index in [9.17, 15) is 9.00 Å². The van der Waals surface area contributed by atoms with E-state index in [1.54, 1.807) is 30.5 Å². The fourth-order valence-corrected chi connectivity index (χ4v) is 5.10. The van der Waals surface area contributed by atoms with Crippen molar-refractivity contribution in [3.05, 3.63) is 46.9 Å². The van der Waals surface area contributed by atoms with E-state index in [0.29, 0.717) is 22.0 Å². The first-order valence-electron chi connectivity index (χ1n) is 10.2. The molecule has 30 heavy (non-hydrogen) atoms. The Morgan fingerprint density at radius 1 is 1.20 bits per heavy atom. The zero-order valence-corrected chi connectivity index (χ0v) is 17.5. The van der Waals surface area contributed by atoms with E-state index in [2.05, 4.69) is 15.3 Å². The number of hydrogen-bond acceptors (Lipinski definition) is 6. The van der Waals surface area contributed by atoms with E-state index < -0.39 is 9.73 Å². The standard InChI is InChI=1S/C21H24N6O2S/c1-30(22,29)14-8-6-13(7-9-14)25-20-19-18(10-11-23-21(19)28)27(26-20)17-5-3-2-4-15(17)16-12-24-16/h6-11,15,17,22H,2-5,12H2,1H3,(H,23,28)(H,25,26)/t15-,17?,30?/m1/s1. The van der Waals surface area contributed by atoms with Gasteiger partial charge in [0, 0.05) is 34.7 Å². The molecule has 2 aromatic heterocycles. The van der Waals surface area contributed by atoms with Crippen molar-refractivity contribution in [2.75, 3.05) is 18.1 Å². The first-order chi connectivity index (χ1) is 14.4. The van der Waals surface area contributed by atoms with Gasteiger partial charge in [0.25, 0.3) is 5.56 Å². The van der Waals surface area contributed by atoms with Crippen molar-refractivity contribution in [2.24, 2.45) is 10.9 Å². The van der Waals surface area contributed by atoms with E-state index >= 15 is 0 Å². The van der Waals surface area contributed by atoms with Crippen LogP contribution in [0.2, 0.25) is 0 Å². The second-order valence-electron chi connectivity index (χ2n) is 8.12. The topological polar surface area (TPSA) is 116 Å². The quantitative estimate of drug-likeness (QED) is 0.579. The molecule has 1 aliphatic carbocycles. The van der Waals surface area contributed by atoms with Crippen LogP contribution in [-0.2, 0) is 9.73 Å². The average Bonchev–Trinajstić information content (AvgIpc) is 3.50. The fourth-order valence-electron chi connectivity index (χ4n) is 4.45. The van der Waals surface area contributed by atoms with Gasteiger partial charge in [-0.25, -0.2) is 8.99 Å². The molecule has 1 saturated carbocycles. The average molecular weight is 425 g/mol. The molecular formula is C21H24N6O2S. The van der Waals surface area contributed by atoms with Crippen LogP contribution in [0, 0.1) is 10.7 Å². The Morgan fingerprint density at radius 2 is 1.93 bits per heavy atom. The summed E-state index contributed by atoms with van der Waals surface area (Å²) >= 11 is 0. The summed E-state index contributed by atoms with van der Waals surface area (Å²) in [7, 11) is -2.77. The molecule has 0 bridgehead atoms. The van der Waals surface area contributed by atoms with Crippen LogP contribution in [-0.4, -0.2) is 37.5 Å². The van der Waals surface area contributed by atoms with Crippen LogP contribution in [0.15, 0.2) is 51.2 Å². The van der Waals surface area contributed by atoms with Crippen molar-refractivity contribution in [1.29, 1.82) is 4.78 Å². The predicted molar refractivity (Wildman–Crippen MR) is 118 cm³/mol. The van der Waals surface area contributed by atoms with E-state index in [1.165, 1.54) is 18.4 Å². The summed E-state index contributed by atoms with van der Waals surface area (Å²) in [6.07, 6.45) is 7.55. The minimum absolute atomic E-state index is 0.184. The molecule has 5 rings (SSSR count). The molecule has 3 N–H and O–H groups in total. The summed E-state index contributed by atoms with van der Waals surface area (Å²) in [5.41, 5.74) is 2.64. The first kappa shape index (κ1) is 19.0. The molecule has 0 spiro atoms. The van der Waals surface area contributed by atoms with Gasteiger partial charge in [-0.2, -0.15) is 5.10 Å². The third-order valence-corrected chi connectivity index (χ3v) is 7.18. The zero-order valence-electron chi connectivity index (χ0n) is 16.7.